The molecule has 1 atom stereocenters. The van der Waals surface area contributed by atoms with Crippen molar-refractivity contribution >= 4 is 7.85 Å². The fraction of sp³-hybridized carbons (Fsp3) is 0.200. The lowest BCUT2D eigenvalue weighted by Gasteiger charge is -2.22. The molecular formula is C15H17B. The first kappa shape index (κ1) is 11.0. The van der Waals surface area contributed by atoms with Crippen LogP contribution in [0, 0.1) is 0 Å². The van der Waals surface area contributed by atoms with Crippen LogP contribution in [0.4, 0.5) is 0 Å². The summed E-state index contributed by atoms with van der Waals surface area (Å²) in [5.74, 6) is 1.12. The van der Waals surface area contributed by atoms with Crippen molar-refractivity contribution in [2.24, 2.45) is 0 Å². The Kier molecular flexibility index (Phi) is 3.45. The van der Waals surface area contributed by atoms with Gasteiger partial charge in [0.25, 0.3) is 0 Å². The van der Waals surface area contributed by atoms with Crippen molar-refractivity contribution in [3.63, 3.8) is 0 Å². The normalized spacial score (nSPS) is 12.6. The van der Waals surface area contributed by atoms with Crippen LogP contribution in [0.15, 0.2) is 60.7 Å². The molecule has 0 amide bonds. The summed E-state index contributed by atoms with van der Waals surface area (Å²) in [7, 11) is 2.28. The van der Waals surface area contributed by atoms with E-state index in [0.29, 0.717) is 11.7 Å². The summed E-state index contributed by atoms with van der Waals surface area (Å²) in [6.45, 7) is 2.28. The van der Waals surface area contributed by atoms with Gasteiger partial charge in [-0.1, -0.05) is 73.4 Å². The minimum atomic E-state index is 0.502. The van der Waals surface area contributed by atoms with E-state index in [0.717, 1.165) is 0 Å². The third kappa shape index (κ3) is 2.36. The van der Waals surface area contributed by atoms with Crippen LogP contribution < -0.4 is 0 Å². The summed E-state index contributed by atoms with van der Waals surface area (Å²) in [5.41, 5.74) is 2.81. The average Bonchev–Trinajstić information content (AvgIpc) is 2.31. The summed E-state index contributed by atoms with van der Waals surface area (Å²) in [5, 5.41) is 0. The first-order valence-corrected chi connectivity index (χ1v) is 5.89. The van der Waals surface area contributed by atoms with Gasteiger partial charge in [-0.25, -0.2) is 0 Å². The number of hydrogen-bond donors (Lipinski definition) is 0. The van der Waals surface area contributed by atoms with Crippen molar-refractivity contribution < 1.29 is 0 Å². The smallest absolute Gasteiger partial charge is 0.0688 e. The van der Waals surface area contributed by atoms with Crippen LogP contribution in [0.5, 0.6) is 0 Å². The summed E-state index contributed by atoms with van der Waals surface area (Å²) >= 11 is 0. The van der Waals surface area contributed by atoms with Crippen LogP contribution in [-0.2, 0) is 0 Å². The zero-order valence-electron chi connectivity index (χ0n) is 9.93. The predicted octanol–water partition coefficient (Wildman–Crippen LogP) is 3.26. The van der Waals surface area contributed by atoms with Crippen LogP contribution in [0.1, 0.15) is 24.0 Å². The molecule has 0 aliphatic carbocycles. The number of hydrogen-bond acceptors (Lipinski definition) is 0. The fourth-order valence-corrected chi connectivity index (χ4v) is 2.28. The lowest BCUT2D eigenvalue weighted by atomic mass is 9.71. The van der Waals surface area contributed by atoms with E-state index >= 15 is 0 Å². The highest BCUT2D eigenvalue weighted by atomic mass is 14.2. The van der Waals surface area contributed by atoms with Crippen molar-refractivity contribution in [3.8, 4) is 0 Å². The second kappa shape index (κ2) is 5.02. The molecule has 0 aliphatic heterocycles. The monoisotopic (exact) mass is 208 g/mol. The third-order valence-electron chi connectivity index (χ3n) is 2.98. The second-order valence-corrected chi connectivity index (χ2v) is 4.54. The second-order valence-electron chi connectivity index (χ2n) is 4.54. The number of rotatable bonds is 3. The van der Waals surface area contributed by atoms with E-state index in [4.69, 9.17) is 0 Å². The molecule has 0 nitrogen and oxygen atoms in total. The molecule has 0 aromatic heterocycles. The van der Waals surface area contributed by atoms with Crippen molar-refractivity contribution in [2.75, 3.05) is 0 Å². The molecule has 0 N–H and O–H groups in total. The van der Waals surface area contributed by atoms with E-state index in [1.165, 1.54) is 11.1 Å². The highest BCUT2D eigenvalue weighted by Crippen LogP contribution is 2.33. The maximum absolute atomic E-state index is 2.28. The molecule has 16 heavy (non-hydrogen) atoms. The van der Waals surface area contributed by atoms with Gasteiger partial charge in [0.2, 0.25) is 0 Å². The first-order valence-electron chi connectivity index (χ1n) is 5.89. The van der Waals surface area contributed by atoms with Gasteiger partial charge in [-0.15, -0.1) is 0 Å². The molecule has 0 bridgehead atoms. The van der Waals surface area contributed by atoms with Crippen LogP contribution in [-0.4, -0.2) is 7.85 Å². The molecule has 0 aliphatic rings. The lowest BCUT2D eigenvalue weighted by molar-refractivity contribution is 0.774. The molecule has 1 unspecified atom stereocenters. The van der Waals surface area contributed by atoms with E-state index < -0.39 is 0 Å². The Balaban J connectivity index is 2.40. The van der Waals surface area contributed by atoms with Gasteiger partial charge in [0.15, 0.2) is 0 Å². The molecule has 2 aromatic carbocycles. The minimum absolute atomic E-state index is 0.502. The Morgan fingerprint density at radius 1 is 0.750 bits per heavy atom. The maximum Gasteiger partial charge on any atom is 0.106 e. The molecule has 0 saturated carbocycles. The van der Waals surface area contributed by atoms with Crippen LogP contribution in [0.3, 0.4) is 0 Å². The Morgan fingerprint density at radius 3 is 1.44 bits per heavy atom. The van der Waals surface area contributed by atoms with Crippen LogP contribution in [0.25, 0.3) is 0 Å². The summed E-state index contributed by atoms with van der Waals surface area (Å²) in [6, 6.07) is 21.5. The van der Waals surface area contributed by atoms with E-state index in [1.807, 2.05) is 0 Å². The van der Waals surface area contributed by atoms with Crippen LogP contribution in [0.2, 0.25) is 5.82 Å². The maximum atomic E-state index is 2.28. The summed E-state index contributed by atoms with van der Waals surface area (Å²) in [6.07, 6.45) is 0. The molecule has 80 valence electrons. The summed E-state index contributed by atoms with van der Waals surface area (Å²) in [4.78, 5) is 0. The van der Waals surface area contributed by atoms with E-state index in [-0.39, 0.29) is 0 Å². The van der Waals surface area contributed by atoms with Crippen molar-refractivity contribution in [3.05, 3.63) is 71.8 Å². The Bertz CT molecular complexity index is 380. The predicted molar refractivity (Wildman–Crippen MR) is 72.7 cm³/mol. The van der Waals surface area contributed by atoms with Crippen LogP contribution >= 0.6 is 0 Å². The van der Waals surface area contributed by atoms with E-state index in [1.54, 1.807) is 0 Å². The first-order chi connectivity index (χ1) is 7.79. The average molecular weight is 208 g/mol. The zero-order chi connectivity index (χ0) is 11.4. The zero-order valence-corrected chi connectivity index (χ0v) is 9.93. The van der Waals surface area contributed by atoms with E-state index in [2.05, 4.69) is 75.4 Å². The fourth-order valence-electron chi connectivity index (χ4n) is 2.28. The van der Waals surface area contributed by atoms with Crippen molar-refractivity contribution in [1.82, 2.24) is 0 Å². The van der Waals surface area contributed by atoms with Crippen molar-refractivity contribution in [1.29, 1.82) is 0 Å². The molecule has 0 saturated heterocycles. The highest BCUT2D eigenvalue weighted by Gasteiger charge is 2.16. The summed E-state index contributed by atoms with van der Waals surface area (Å²) < 4.78 is 0. The molecular weight excluding hydrogens is 191 g/mol. The van der Waals surface area contributed by atoms with Gasteiger partial charge in [-0.3, -0.25) is 0 Å². The van der Waals surface area contributed by atoms with Gasteiger partial charge in [-0.2, -0.15) is 0 Å². The van der Waals surface area contributed by atoms with E-state index in [9.17, 15) is 0 Å². The molecule has 0 heterocycles. The molecule has 2 rings (SSSR count). The van der Waals surface area contributed by atoms with Gasteiger partial charge in [0.1, 0.15) is 7.85 Å². The standard InChI is InChI=1S/C15H17B/c1-12(16)15(13-8-4-2-5-9-13)14-10-6-3-7-11-14/h2-12,15H,16H2,1H3. The van der Waals surface area contributed by atoms with Gasteiger partial charge in [-0.05, 0) is 11.1 Å². The van der Waals surface area contributed by atoms with Gasteiger partial charge >= 0.3 is 0 Å². The van der Waals surface area contributed by atoms with Gasteiger partial charge < -0.3 is 0 Å². The molecule has 0 fully saturated rings. The molecule has 0 spiro atoms. The van der Waals surface area contributed by atoms with Crippen molar-refractivity contribution in [2.45, 2.75) is 18.7 Å². The lowest BCUT2D eigenvalue weighted by Crippen LogP contribution is -2.06. The SMILES string of the molecule is BC(C)C(c1ccccc1)c1ccccc1. The Morgan fingerprint density at radius 2 is 1.12 bits per heavy atom. The Labute approximate surface area is 98.7 Å². The largest absolute Gasteiger partial charge is 0.106 e. The topological polar surface area (TPSA) is 0 Å². The molecule has 2 aromatic rings. The highest BCUT2D eigenvalue weighted by molar-refractivity contribution is 6.12. The number of benzene rings is 2. The third-order valence-corrected chi connectivity index (χ3v) is 2.98. The van der Waals surface area contributed by atoms with Gasteiger partial charge in [0, 0.05) is 5.92 Å². The molecule has 0 radical (unpaired) electrons. The van der Waals surface area contributed by atoms with Gasteiger partial charge in [0.05, 0.1) is 0 Å². The quantitative estimate of drug-likeness (QED) is 0.679. The Hall–Kier alpha value is -1.50. The molecule has 1 heteroatoms. The minimum Gasteiger partial charge on any atom is -0.0688 e.